The molecule has 4 rings (SSSR count). The molecule has 0 saturated heterocycles. The largest absolute Gasteiger partial charge is 0.505 e. The van der Waals surface area contributed by atoms with Crippen molar-refractivity contribution in [2.24, 2.45) is 5.41 Å². The van der Waals surface area contributed by atoms with E-state index in [1.807, 2.05) is 48.5 Å². The fraction of sp³-hybridized carbons (Fsp3) is 0.367. The lowest BCUT2D eigenvalue weighted by atomic mass is 9.71. The maximum absolute atomic E-state index is 11.5. The summed E-state index contributed by atoms with van der Waals surface area (Å²) in [4.78, 5) is 14.8. The molecule has 0 saturated carbocycles. The minimum absolute atomic E-state index is 0.0564. The van der Waals surface area contributed by atoms with Crippen molar-refractivity contribution in [3.63, 3.8) is 0 Å². The number of nitrogens with zero attached hydrogens (tertiary/aromatic N) is 3. The molecule has 0 spiro atoms. The summed E-state index contributed by atoms with van der Waals surface area (Å²) >= 11 is 1.66. The van der Waals surface area contributed by atoms with Gasteiger partial charge in [0, 0.05) is 21.8 Å². The molecular formula is C30H35N3O3S. The van der Waals surface area contributed by atoms with Gasteiger partial charge in [0.15, 0.2) is 0 Å². The Morgan fingerprint density at radius 2 is 1.62 bits per heavy atom. The van der Waals surface area contributed by atoms with Crippen LogP contribution in [0.25, 0.3) is 16.7 Å². The first-order chi connectivity index (χ1) is 17.4. The maximum Gasteiger partial charge on any atom is 0.303 e. The highest BCUT2D eigenvalue weighted by Crippen LogP contribution is 2.43. The van der Waals surface area contributed by atoms with E-state index in [1.165, 1.54) is 4.80 Å². The van der Waals surface area contributed by atoms with Crippen molar-refractivity contribution in [3.8, 4) is 11.4 Å². The second-order valence-electron chi connectivity index (χ2n) is 11.4. The molecule has 1 aromatic heterocycles. The summed E-state index contributed by atoms with van der Waals surface area (Å²) in [5, 5.41) is 30.0. The van der Waals surface area contributed by atoms with Crippen LogP contribution in [0.5, 0.6) is 5.75 Å². The molecule has 0 aliphatic heterocycles. The molecule has 0 atom stereocenters. The molecule has 37 heavy (non-hydrogen) atoms. The number of aliphatic carboxylic acids is 1. The van der Waals surface area contributed by atoms with Crippen LogP contribution < -0.4 is 0 Å². The van der Waals surface area contributed by atoms with Crippen molar-refractivity contribution in [3.05, 3.63) is 71.8 Å². The number of aromatic nitrogens is 3. The molecule has 3 aromatic carbocycles. The van der Waals surface area contributed by atoms with Gasteiger partial charge in [0.1, 0.15) is 22.5 Å². The predicted octanol–water partition coefficient (Wildman–Crippen LogP) is 7.40. The third-order valence-corrected chi connectivity index (χ3v) is 7.25. The van der Waals surface area contributed by atoms with E-state index in [1.54, 1.807) is 11.8 Å². The summed E-state index contributed by atoms with van der Waals surface area (Å²) in [6.07, 6.45) is 2.08. The van der Waals surface area contributed by atoms with Crippen LogP contribution >= 0.6 is 11.8 Å². The standard InChI is InChI=1S/C30H35N3O3S/c1-29(2,3)19-30(4,5)23-16-20(10-9-13-27(34)35)17-26(28(23)36)33-31-24-15-14-22(18-25(24)32-33)37-21-11-7-6-8-12-21/h6-8,11-12,14-18,36H,9-10,13,19H2,1-5H3,(H,34,35). The first kappa shape index (κ1) is 26.7. The van der Waals surface area contributed by atoms with Crippen molar-refractivity contribution in [1.29, 1.82) is 0 Å². The number of fused-ring (bicyclic) bond motifs is 1. The van der Waals surface area contributed by atoms with Crippen molar-refractivity contribution in [2.75, 3.05) is 0 Å². The molecule has 2 N–H and O–H groups in total. The van der Waals surface area contributed by atoms with Crippen LogP contribution in [0.3, 0.4) is 0 Å². The number of rotatable bonds is 9. The molecule has 6 nitrogen and oxygen atoms in total. The first-order valence-corrected chi connectivity index (χ1v) is 13.4. The molecular weight excluding hydrogens is 482 g/mol. The number of carbonyl (C=O) groups is 1. The Morgan fingerprint density at radius 1 is 0.919 bits per heavy atom. The van der Waals surface area contributed by atoms with Gasteiger partial charge < -0.3 is 10.2 Å². The van der Waals surface area contributed by atoms with Crippen LogP contribution in [-0.4, -0.2) is 31.2 Å². The number of carboxylic acid groups (broad SMARTS) is 1. The number of carboxylic acids is 1. The Morgan fingerprint density at radius 3 is 2.30 bits per heavy atom. The van der Waals surface area contributed by atoms with Crippen LogP contribution in [0.15, 0.2) is 70.5 Å². The summed E-state index contributed by atoms with van der Waals surface area (Å²) < 4.78 is 0. The lowest BCUT2D eigenvalue weighted by Crippen LogP contribution is -2.25. The van der Waals surface area contributed by atoms with Gasteiger partial charge in [-0.05, 0) is 72.1 Å². The lowest BCUT2D eigenvalue weighted by Gasteiger charge is -2.34. The lowest BCUT2D eigenvalue weighted by molar-refractivity contribution is -0.137. The van der Waals surface area contributed by atoms with E-state index in [2.05, 4.69) is 51.9 Å². The minimum Gasteiger partial charge on any atom is -0.505 e. The normalized spacial score (nSPS) is 12.2. The highest BCUT2D eigenvalue weighted by molar-refractivity contribution is 7.99. The maximum atomic E-state index is 11.5. The highest BCUT2D eigenvalue weighted by atomic mass is 32.2. The van der Waals surface area contributed by atoms with Crippen LogP contribution in [0.4, 0.5) is 0 Å². The van der Waals surface area contributed by atoms with Gasteiger partial charge in [0.05, 0.1) is 0 Å². The number of hydrogen-bond donors (Lipinski definition) is 2. The van der Waals surface area contributed by atoms with Gasteiger partial charge in [-0.1, -0.05) is 70.6 Å². The molecule has 194 valence electrons. The van der Waals surface area contributed by atoms with Crippen LogP contribution in [0, 0.1) is 5.41 Å². The van der Waals surface area contributed by atoms with Crippen LogP contribution in [0.1, 0.15) is 65.0 Å². The molecule has 0 amide bonds. The Hall–Kier alpha value is -3.32. The summed E-state index contributed by atoms with van der Waals surface area (Å²) in [7, 11) is 0. The second kappa shape index (κ2) is 10.6. The Bertz CT molecular complexity index is 1410. The molecule has 4 aromatic rings. The van der Waals surface area contributed by atoms with Crippen molar-refractivity contribution >= 4 is 28.8 Å². The Kier molecular flexibility index (Phi) is 7.64. The predicted molar refractivity (Wildman–Crippen MR) is 149 cm³/mol. The smallest absolute Gasteiger partial charge is 0.303 e. The zero-order valence-electron chi connectivity index (χ0n) is 22.2. The van der Waals surface area contributed by atoms with Crippen LogP contribution in [-0.2, 0) is 16.6 Å². The van der Waals surface area contributed by atoms with Gasteiger partial charge in [-0.25, -0.2) is 0 Å². The van der Waals surface area contributed by atoms with E-state index in [0.717, 1.165) is 38.4 Å². The zero-order chi connectivity index (χ0) is 26.8. The van der Waals surface area contributed by atoms with E-state index in [-0.39, 0.29) is 23.0 Å². The van der Waals surface area contributed by atoms with Gasteiger partial charge in [-0.15, -0.1) is 15.0 Å². The fourth-order valence-electron chi connectivity index (χ4n) is 5.05. The van der Waals surface area contributed by atoms with Crippen molar-refractivity contribution in [2.45, 2.75) is 75.5 Å². The number of phenols is 1. The first-order valence-electron chi connectivity index (χ1n) is 12.6. The summed E-state index contributed by atoms with van der Waals surface area (Å²) in [5.41, 5.74) is 3.53. The fourth-order valence-corrected chi connectivity index (χ4v) is 5.92. The topological polar surface area (TPSA) is 88.2 Å². The van der Waals surface area contributed by atoms with Gasteiger partial charge in [0.25, 0.3) is 0 Å². The molecule has 0 aliphatic carbocycles. The second-order valence-corrected chi connectivity index (χ2v) is 12.6. The van der Waals surface area contributed by atoms with E-state index in [4.69, 9.17) is 10.2 Å². The third-order valence-electron chi connectivity index (χ3n) is 6.25. The van der Waals surface area contributed by atoms with Gasteiger partial charge in [0.2, 0.25) is 0 Å². The van der Waals surface area contributed by atoms with Gasteiger partial charge in [-0.3, -0.25) is 4.79 Å². The van der Waals surface area contributed by atoms with Crippen LogP contribution in [0.2, 0.25) is 0 Å². The number of benzene rings is 3. The van der Waals surface area contributed by atoms with E-state index < -0.39 is 5.97 Å². The Balaban J connectivity index is 1.75. The quantitative estimate of drug-likeness (QED) is 0.240. The molecule has 7 heteroatoms. The zero-order valence-corrected chi connectivity index (χ0v) is 23.0. The van der Waals surface area contributed by atoms with Gasteiger partial charge >= 0.3 is 5.97 Å². The molecule has 0 aliphatic rings. The van der Waals surface area contributed by atoms with E-state index in [9.17, 15) is 9.90 Å². The number of hydrogen-bond acceptors (Lipinski definition) is 5. The molecule has 0 unspecified atom stereocenters. The number of aryl methyl sites for hydroxylation is 1. The monoisotopic (exact) mass is 517 g/mol. The summed E-state index contributed by atoms with van der Waals surface area (Å²) in [6, 6.07) is 20.1. The van der Waals surface area contributed by atoms with E-state index in [0.29, 0.717) is 18.5 Å². The van der Waals surface area contributed by atoms with Gasteiger partial charge in [-0.2, -0.15) is 0 Å². The number of aromatic hydroxyl groups is 1. The summed E-state index contributed by atoms with van der Waals surface area (Å²) in [6.45, 7) is 10.8. The molecule has 0 bridgehead atoms. The van der Waals surface area contributed by atoms with E-state index >= 15 is 0 Å². The number of phenolic OH excluding ortho intramolecular Hbond substituents is 1. The Labute approximate surface area is 222 Å². The molecule has 1 heterocycles. The average Bonchev–Trinajstić information content (AvgIpc) is 3.22. The summed E-state index contributed by atoms with van der Waals surface area (Å²) in [5.74, 6) is -0.646. The minimum atomic E-state index is -0.809. The molecule has 0 radical (unpaired) electrons. The SMILES string of the molecule is CC(C)(C)CC(C)(C)c1cc(CCCC(=O)O)cc(-n2nc3ccc(Sc4ccccc4)cc3n2)c1O. The third kappa shape index (κ3) is 6.72. The molecule has 0 fully saturated rings. The average molecular weight is 518 g/mol. The van der Waals surface area contributed by atoms with Crippen molar-refractivity contribution < 1.29 is 15.0 Å². The van der Waals surface area contributed by atoms with Crippen molar-refractivity contribution in [1.82, 2.24) is 15.0 Å². The highest BCUT2D eigenvalue weighted by Gasteiger charge is 2.31.